The first kappa shape index (κ1) is 15.9. The third-order valence-electron chi connectivity index (χ3n) is 3.11. The smallest absolute Gasteiger partial charge is 0.288 e. The molecule has 1 heterocycles. The monoisotopic (exact) mass is 325 g/mol. The number of benzene rings is 1. The van der Waals surface area contributed by atoms with E-state index in [1.807, 2.05) is 13.1 Å². The maximum Gasteiger partial charge on any atom is 0.288 e. The molecule has 0 aliphatic carbocycles. The molecule has 2 rings (SSSR count). The number of rotatable bonds is 6. The van der Waals surface area contributed by atoms with Gasteiger partial charge >= 0.3 is 0 Å². The van der Waals surface area contributed by atoms with Gasteiger partial charge in [0.15, 0.2) is 0 Å². The van der Waals surface area contributed by atoms with Crippen LogP contribution in [0, 0.1) is 10.1 Å². The summed E-state index contributed by atoms with van der Waals surface area (Å²) in [6, 6.07) is 4.94. The highest BCUT2D eigenvalue weighted by molar-refractivity contribution is 7.11. The van der Waals surface area contributed by atoms with Crippen molar-refractivity contribution in [3.63, 3.8) is 0 Å². The highest BCUT2D eigenvalue weighted by Gasteiger charge is 2.14. The summed E-state index contributed by atoms with van der Waals surface area (Å²) in [5.74, 6) is 0. The van der Waals surface area contributed by atoms with E-state index in [1.165, 1.54) is 10.9 Å². The SMILES string of the molecule is CCc1cnc(C(C)NCc2ccc(Cl)c([N+](=O)[O-])c2)s1. The van der Waals surface area contributed by atoms with E-state index >= 15 is 0 Å². The summed E-state index contributed by atoms with van der Waals surface area (Å²) >= 11 is 7.48. The third-order valence-corrected chi connectivity index (χ3v) is 4.75. The zero-order valence-corrected chi connectivity index (χ0v) is 13.4. The van der Waals surface area contributed by atoms with Gasteiger partial charge in [0.25, 0.3) is 5.69 Å². The molecule has 0 amide bonds. The standard InChI is InChI=1S/C14H16ClN3O2S/c1-3-11-8-17-14(21-11)9(2)16-7-10-4-5-12(15)13(6-10)18(19)20/h4-6,8-9,16H,3,7H2,1-2H3. The molecule has 112 valence electrons. The van der Waals surface area contributed by atoms with Crippen molar-refractivity contribution in [1.82, 2.24) is 10.3 Å². The van der Waals surface area contributed by atoms with Gasteiger partial charge in [-0.3, -0.25) is 10.1 Å². The van der Waals surface area contributed by atoms with Gasteiger partial charge in [0.05, 0.1) is 11.0 Å². The van der Waals surface area contributed by atoms with Gasteiger partial charge in [-0.05, 0) is 25.0 Å². The average Bonchev–Trinajstić information content (AvgIpc) is 2.94. The molecular weight excluding hydrogens is 310 g/mol. The summed E-state index contributed by atoms with van der Waals surface area (Å²) in [5, 5.41) is 15.4. The number of aryl methyl sites for hydroxylation is 1. The Labute approximate surface area is 132 Å². The van der Waals surface area contributed by atoms with E-state index in [0.717, 1.165) is 17.0 Å². The molecule has 1 N–H and O–H groups in total. The van der Waals surface area contributed by atoms with Crippen LogP contribution in [0.2, 0.25) is 5.02 Å². The molecule has 2 aromatic rings. The van der Waals surface area contributed by atoms with Crippen LogP contribution in [0.5, 0.6) is 0 Å². The lowest BCUT2D eigenvalue weighted by molar-refractivity contribution is -0.384. The molecule has 0 saturated carbocycles. The second-order valence-electron chi connectivity index (χ2n) is 4.66. The lowest BCUT2D eigenvalue weighted by Gasteiger charge is -2.11. The highest BCUT2D eigenvalue weighted by atomic mass is 35.5. The van der Waals surface area contributed by atoms with E-state index in [4.69, 9.17) is 11.6 Å². The van der Waals surface area contributed by atoms with Crippen molar-refractivity contribution < 1.29 is 4.92 Å². The molecule has 0 aliphatic heterocycles. The van der Waals surface area contributed by atoms with Crippen LogP contribution in [0.25, 0.3) is 0 Å². The first-order valence-electron chi connectivity index (χ1n) is 6.62. The van der Waals surface area contributed by atoms with Crippen molar-refractivity contribution in [1.29, 1.82) is 0 Å². The van der Waals surface area contributed by atoms with Crippen LogP contribution in [0.3, 0.4) is 0 Å². The van der Waals surface area contributed by atoms with Crippen LogP contribution >= 0.6 is 22.9 Å². The molecule has 5 nitrogen and oxygen atoms in total. The van der Waals surface area contributed by atoms with E-state index in [1.54, 1.807) is 23.5 Å². The molecule has 0 saturated heterocycles. The lowest BCUT2D eigenvalue weighted by atomic mass is 10.2. The van der Waals surface area contributed by atoms with Gasteiger partial charge in [0, 0.05) is 23.7 Å². The Morgan fingerprint density at radius 2 is 2.29 bits per heavy atom. The van der Waals surface area contributed by atoms with Crippen molar-refractivity contribution in [2.24, 2.45) is 0 Å². The van der Waals surface area contributed by atoms with Crippen LogP contribution in [0.15, 0.2) is 24.4 Å². The Morgan fingerprint density at radius 3 is 2.90 bits per heavy atom. The Kier molecular flexibility index (Phi) is 5.27. The number of aromatic nitrogens is 1. The van der Waals surface area contributed by atoms with Crippen molar-refractivity contribution in [3.8, 4) is 0 Å². The first-order valence-corrected chi connectivity index (χ1v) is 7.81. The Morgan fingerprint density at radius 1 is 1.52 bits per heavy atom. The lowest BCUT2D eigenvalue weighted by Crippen LogP contribution is -2.17. The molecule has 0 aliphatic rings. The summed E-state index contributed by atoms with van der Waals surface area (Å²) in [4.78, 5) is 16.0. The number of nitrogens with zero attached hydrogens (tertiary/aromatic N) is 2. The molecule has 21 heavy (non-hydrogen) atoms. The molecule has 7 heteroatoms. The number of hydrogen-bond donors (Lipinski definition) is 1. The summed E-state index contributed by atoms with van der Waals surface area (Å²) < 4.78 is 0. The number of hydrogen-bond acceptors (Lipinski definition) is 5. The second-order valence-corrected chi connectivity index (χ2v) is 6.22. The Hall–Kier alpha value is -1.50. The van der Waals surface area contributed by atoms with Gasteiger partial charge in [0.1, 0.15) is 10.0 Å². The average molecular weight is 326 g/mol. The minimum absolute atomic E-state index is 0.0638. The van der Waals surface area contributed by atoms with Crippen LogP contribution in [0.1, 0.15) is 35.3 Å². The van der Waals surface area contributed by atoms with Gasteiger partial charge < -0.3 is 5.32 Å². The van der Waals surface area contributed by atoms with Crippen molar-refractivity contribution >= 4 is 28.6 Å². The van der Waals surface area contributed by atoms with E-state index < -0.39 is 4.92 Å². The number of nitro benzene ring substituents is 1. The van der Waals surface area contributed by atoms with Crippen LogP contribution in [-0.2, 0) is 13.0 Å². The van der Waals surface area contributed by atoms with Gasteiger partial charge in [-0.15, -0.1) is 11.3 Å². The largest absolute Gasteiger partial charge is 0.304 e. The van der Waals surface area contributed by atoms with Crippen LogP contribution < -0.4 is 5.32 Å². The van der Waals surface area contributed by atoms with E-state index in [9.17, 15) is 10.1 Å². The molecule has 1 aromatic carbocycles. The fourth-order valence-electron chi connectivity index (χ4n) is 1.85. The summed E-state index contributed by atoms with van der Waals surface area (Å²) in [5.41, 5.74) is 0.761. The second kappa shape index (κ2) is 6.98. The first-order chi connectivity index (χ1) is 10.0. The maximum absolute atomic E-state index is 10.9. The molecular formula is C14H16ClN3O2S. The quantitative estimate of drug-likeness (QED) is 0.640. The molecule has 0 bridgehead atoms. The number of halogens is 1. The minimum atomic E-state index is -0.469. The van der Waals surface area contributed by atoms with Crippen molar-refractivity contribution in [2.45, 2.75) is 32.9 Å². The maximum atomic E-state index is 10.9. The summed E-state index contributed by atoms with van der Waals surface area (Å²) in [6.45, 7) is 4.66. The van der Waals surface area contributed by atoms with E-state index in [0.29, 0.717) is 6.54 Å². The van der Waals surface area contributed by atoms with E-state index in [-0.39, 0.29) is 16.8 Å². The number of thiazole rings is 1. The molecule has 1 aromatic heterocycles. The van der Waals surface area contributed by atoms with Crippen molar-refractivity contribution in [3.05, 3.63) is 55.0 Å². The molecule has 1 atom stereocenters. The van der Waals surface area contributed by atoms with Gasteiger partial charge in [-0.25, -0.2) is 4.98 Å². The Balaban J connectivity index is 2.02. The van der Waals surface area contributed by atoms with Gasteiger partial charge in [-0.1, -0.05) is 24.6 Å². The summed E-state index contributed by atoms with van der Waals surface area (Å²) in [6.07, 6.45) is 2.87. The van der Waals surface area contributed by atoms with Crippen molar-refractivity contribution in [2.75, 3.05) is 0 Å². The molecule has 0 radical (unpaired) electrons. The normalized spacial score (nSPS) is 12.3. The van der Waals surface area contributed by atoms with E-state index in [2.05, 4.69) is 17.2 Å². The number of nitro groups is 1. The fraction of sp³-hybridized carbons (Fsp3) is 0.357. The molecule has 0 fully saturated rings. The van der Waals surface area contributed by atoms with Crippen LogP contribution in [0.4, 0.5) is 5.69 Å². The predicted octanol–water partition coefficient (Wildman–Crippen LogP) is 4.12. The fourth-order valence-corrected chi connectivity index (χ4v) is 2.92. The van der Waals surface area contributed by atoms with Crippen LogP contribution in [-0.4, -0.2) is 9.91 Å². The third kappa shape index (κ3) is 4.00. The zero-order valence-electron chi connectivity index (χ0n) is 11.8. The summed E-state index contributed by atoms with van der Waals surface area (Å²) in [7, 11) is 0. The van der Waals surface area contributed by atoms with Gasteiger partial charge in [0.2, 0.25) is 0 Å². The predicted molar refractivity (Wildman–Crippen MR) is 84.9 cm³/mol. The Bertz CT molecular complexity index is 645. The van der Waals surface area contributed by atoms with Gasteiger partial charge in [-0.2, -0.15) is 0 Å². The highest BCUT2D eigenvalue weighted by Crippen LogP contribution is 2.26. The zero-order chi connectivity index (χ0) is 15.4. The molecule has 1 unspecified atom stereocenters. The topological polar surface area (TPSA) is 68.1 Å². The number of nitrogens with one attached hydrogen (secondary N) is 1. The molecule has 0 spiro atoms. The minimum Gasteiger partial charge on any atom is -0.304 e.